The van der Waals surface area contributed by atoms with Crippen LogP contribution in [0.1, 0.15) is 36.8 Å². The molecule has 1 spiro atoms. The zero-order valence-corrected chi connectivity index (χ0v) is 23.7. The maximum Gasteiger partial charge on any atom is 0.0540 e. The highest BCUT2D eigenvalue weighted by atomic mass is 15.1. The van der Waals surface area contributed by atoms with E-state index in [-0.39, 0.29) is 5.41 Å². The van der Waals surface area contributed by atoms with Gasteiger partial charge in [0.05, 0.1) is 5.69 Å². The quantitative estimate of drug-likeness (QED) is 0.215. The molecule has 0 amide bonds. The first-order valence-corrected chi connectivity index (χ1v) is 15.5. The summed E-state index contributed by atoms with van der Waals surface area (Å²) in [4.78, 5) is 2.50. The second-order valence-electron chi connectivity index (χ2n) is 12.6. The Balaban J connectivity index is 1.29. The van der Waals surface area contributed by atoms with Gasteiger partial charge in [-0.3, -0.25) is 0 Å². The maximum absolute atomic E-state index is 2.56. The van der Waals surface area contributed by atoms with Crippen molar-refractivity contribution < 1.29 is 0 Å². The van der Waals surface area contributed by atoms with Gasteiger partial charge in [0.25, 0.3) is 0 Å². The summed E-state index contributed by atoms with van der Waals surface area (Å²) in [6.45, 7) is 0. The second-order valence-corrected chi connectivity index (χ2v) is 12.6. The monoisotopic (exact) mass is 539 g/mol. The molecule has 0 aliphatic heterocycles. The lowest BCUT2D eigenvalue weighted by Crippen LogP contribution is -2.32. The van der Waals surface area contributed by atoms with Crippen molar-refractivity contribution in [1.82, 2.24) is 0 Å². The number of para-hydroxylation sites is 1. The minimum atomic E-state index is 0.152. The molecule has 1 nitrogen and oxygen atoms in total. The highest BCUT2D eigenvalue weighted by Crippen LogP contribution is 2.66. The average molecular weight is 540 g/mol. The molecule has 2 fully saturated rings. The zero-order chi connectivity index (χ0) is 27.7. The lowest BCUT2D eigenvalue weighted by Gasteiger charge is -2.37. The Hall–Kier alpha value is -4.62. The molecule has 2 saturated carbocycles. The highest BCUT2D eigenvalue weighted by molar-refractivity contribution is 5.94. The number of anilines is 3. The second kappa shape index (κ2) is 9.19. The lowest BCUT2D eigenvalue weighted by atomic mass is 9.67. The fourth-order valence-corrected chi connectivity index (χ4v) is 8.79. The van der Waals surface area contributed by atoms with Crippen LogP contribution in [0, 0.1) is 11.8 Å². The van der Waals surface area contributed by atoms with Crippen molar-refractivity contribution in [2.75, 3.05) is 4.90 Å². The van der Waals surface area contributed by atoms with Crippen molar-refractivity contribution >= 4 is 27.8 Å². The Bertz CT molecular complexity index is 1970. The van der Waals surface area contributed by atoms with E-state index in [1.54, 1.807) is 11.1 Å². The molecule has 3 unspecified atom stereocenters. The Morgan fingerprint density at radius 3 is 2.05 bits per heavy atom. The normalized spacial score (nSPS) is 21.5. The molecule has 1 heteroatoms. The molecule has 0 saturated heterocycles. The molecule has 0 N–H and O–H groups in total. The molecule has 3 aliphatic carbocycles. The van der Waals surface area contributed by atoms with Gasteiger partial charge in [-0.2, -0.15) is 0 Å². The van der Waals surface area contributed by atoms with Gasteiger partial charge in [-0.15, -0.1) is 0 Å². The average Bonchev–Trinajstić information content (AvgIpc) is 3.75. The highest BCUT2D eigenvalue weighted by Gasteiger charge is 2.56. The number of fused-ring (bicyclic) bond motifs is 9. The fourth-order valence-electron chi connectivity index (χ4n) is 8.79. The molecule has 3 atom stereocenters. The van der Waals surface area contributed by atoms with Gasteiger partial charge in [-0.05, 0) is 100 Å². The summed E-state index contributed by atoms with van der Waals surface area (Å²) >= 11 is 0. The van der Waals surface area contributed by atoms with E-state index in [0.717, 1.165) is 11.8 Å². The van der Waals surface area contributed by atoms with E-state index in [1.807, 2.05) is 0 Å². The summed E-state index contributed by atoms with van der Waals surface area (Å²) in [6, 6.07) is 51.9. The first-order valence-electron chi connectivity index (χ1n) is 15.5. The SMILES string of the molecule is c1ccc(-c2ccccc2N(c2ccc3c(c2)C2(CC4CCC2C4)c2ccccc2-3)c2ccc3ccccc3c2)cc1. The minimum Gasteiger partial charge on any atom is -0.310 e. The van der Waals surface area contributed by atoms with Gasteiger partial charge in [0.1, 0.15) is 0 Å². The van der Waals surface area contributed by atoms with E-state index in [0.29, 0.717) is 0 Å². The minimum absolute atomic E-state index is 0.152. The van der Waals surface area contributed by atoms with Crippen molar-refractivity contribution in [3.8, 4) is 22.3 Å². The third-order valence-electron chi connectivity index (χ3n) is 10.5. The van der Waals surface area contributed by atoms with E-state index in [9.17, 15) is 0 Å². The van der Waals surface area contributed by atoms with Gasteiger partial charge in [-0.25, -0.2) is 0 Å². The number of nitrogens with zero attached hydrogens (tertiary/aromatic N) is 1. The topological polar surface area (TPSA) is 3.24 Å². The summed E-state index contributed by atoms with van der Waals surface area (Å²) in [5.74, 6) is 1.60. The molecule has 0 aromatic heterocycles. The summed E-state index contributed by atoms with van der Waals surface area (Å²) in [5.41, 5.74) is 12.3. The van der Waals surface area contributed by atoms with E-state index in [2.05, 4.69) is 144 Å². The fraction of sp³-hybridized carbons (Fsp3) is 0.171. The molecule has 42 heavy (non-hydrogen) atoms. The standard InChI is InChI=1S/C41H33N/c1-2-11-30(12-3-1)35-14-7-9-17-40(35)42(33-21-19-29-10-4-5-13-31(29)25-33)34-22-23-37-36-15-6-8-16-38(36)41(39(37)26-34)27-28-18-20-32(41)24-28/h1-17,19,21-23,25-26,28,32H,18,20,24,27H2. The van der Waals surface area contributed by atoms with Gasteiger partial charge in [0.15, 0.2) is 0 Å². The molecule has 0 radical (unpaired) electrons. The first-order chi connectivity index (χ1) is 20.8. The summed E-state index contributed by atoms with van der Waals surface area (Å²) < 4.78 is 0. The molecule has 9 rings (SSSR count). The van der Waals surface area contributed by atoms with Gasteiger partial charge < -0.3 is 4.90 Å². The Labute approximate surface area is 248 Å². The first kappa shape index (κ1) is 24.0. The van der Waals surface area contributed by atoms with Crippen molar-refractivity contribution in [1.29, 1.82) is 0 Å². The molecular formula is C41H33N. The van der Waals surface area contributed by atoms with Gasteiger partial charge in [-0.1, -0.05) is 116 Å². The number of hydrogen-bond donors (Lipinski definition) is 0. The molecule has 202 valence electrons. The van der Waals surface area contributed by atoms with Crippen molar-refractivity contribution in [2.24, 2.45) is 11.8 Å². The van der Waals surface area contributed by atoms with Gasteiger partial charge >= 0.3 is 0 Å². The van der Waals surface area contributed by atoms with Crippen molar-refractivity contribution in [2.45, 2.75) is 31.1 Å². The summed E-state index contributed by atoms with van der Waals surface area (Å²) in [5, 5.41) is 2.53. The van der Waals surface area contributed by atoms with Crippen LogP contribution in [0.15, 0.2) is 140 Å². The largest absolute Gasteiger partial charge is 0.310 e. The molecule has 2 bridgehead atoms. The van der Waals surface area contributed by atoms with Crippen LogP contribution >= 0.6 is 0 Å². The van der Waals surface area contributed by atoms with Crippen molar-refractivity contribution in [3.05, 3.63) is 151 Å². The van der Waals surface area contributed by atoms with Crippen LogP contribution in [-0.2, 0) is 5.41 Å². The van der Waals surface area contributed by atoms with Crippen LogP contribution in [0.5, 0.6) is 0 Å². The van der Waals surface area contributed by atoms with Crippen molar-refractivity contribution in [3.63, 3.8) is 0 Å². The predicted octanol–water partition coefficient (Wildman–Crippen LogP) is 11.1. The van der Waals surface area contributed by atoms with E-state index in [1.165, 1.54) is 75.8 Å². The van der Waals surface area contributed by atoms with E-state index < -0.39 is 0 Å². The van der Waals surface area contributed by atoms with Crippen LogP contribution in [0.4, 0.5) is 17.1 Å². The molecule has 0 heterocycles. The molecular weight excluding hydrogens is 506 g/mol. The van der Waals surface area contributed by atoms with Crippen LogP contribution in [0.2, 0.25) is 0 Å². The van der Waals surface area contributed by atoms with Crippen LogP contribution in [-0.4, -0.2) is 0 Å². The summed E-state index contributed by atoms with van der Waals surface area (Å²) in [7, 11) is 0. The van der Waals surface area contributed by atoms with Crippen LogP contribution in [0.3, 0.4) is 0 Å². The number of rotatable bonds is 4. The van der Waals surface area contributed by atoms with E-state index in [4.69, 9.17) is 0 Å². The van der Waals surface area contributed by atoms with Gasteiger partial charge in [0, 0.05) is 22.4 Å². The maximum atomic E-state index is 2.56. The smallest absolute Gasteiger partial charge is 0.0540 e. The third kappa shape index (κ3) is 3.43. The summed E-state index contributed by atoms with van der Waals surface area (Å²) in [6.07, 6.45) is 5.43. The van der Waals surface area contributed by atoms with Crippen LogP contribution < -0.4 is 4.90 Å². The number of hydrogen-bond acceptors (Lipinski definition) is 1. The third-order valence-corrected chi connectivity index (χ3v) is 10.5. The van der Waals surface area contributed by atoms with Crippen LogP contribution in [0.25, 0.3) is 33.0 Å². The van der Waals surface area contributed by atoms with E-state index >= 15 is 0 Å². The zero-order valence-electron chi connectivity index (χ0n) is 23.7. The molecule has 6 aromatic carbocycles. The Morgan fingerprint density at radius 2 is 1.21 bits per heavy atom. The predicted molar refractivity (Wildman–Crippen MR) is 176 cm³/mol. The Morgan fingerprint density at radius 1 is 0.524 bits per heavy atom. The Kier molecular flexibility index (Phi) is 5.26. The molecule has 3 aliphatic rings. The number of benzene rings is 6. The molecule has 6 aromatic rings. The lowest BCUT2D eigenvalue weighted by molar-refractivity contribution is 0.327. The van der Waals surface area contributed by atoms with Gasteiger partial charge in [0.2, 0.25) is 0 Å².